The molecule has 0 N–H and O–H groups in total. The predicted octanol–water partition coefficient (Wildman–Crippen LogP) is 4.02. The molecule has 0 aliphatic rings. The number of benzene rings is 1. The van der Waals surface area contributed by atoms with E-state index in [0.717, 1.165) is 0 Å². The van der Waals surface area contributed by atoms with Crippen molar-refractivity contribution in [2.24, 2.45) is 0 Å². The minimum Gasteiger partial charge on any atom is -0.439 e. The van der Waals surface area contributed by atoms with Gasteiger partial charge in [-0.3, -0.25) is 0 Å². The zero-order valence-corrected chi connectivity index (χ0v) is 10.3. The highest BCUT2D eigenvalue weighted by Crippen LogP contribution is 2.25. The Morgan fingerprint density at radius 2 is 1.94 bits per heavy atom. The van der Waals surface area contributed by atoms with Crippen LogP contribution in [-0.4, -0.2) is 9.97 Å². The monoisotopic (exact) mass is 272 g/mol. The summed E-state index contributed by atoms with van der Waals surface area (Å²) < 4.78 is 18.3. The Labute approximate surface area is 107 Å². The number of hydrogen-bond donors (Lipinski definition) is 0. The molecule has 0 atom stereocenters. The third-order valence-corrected chi connectivity index (χ3v) is 2.38. The van der Waals surface area contributed by atoms with Crippen molar-refractivity contribution in [3.8, 4) is 11.6 Å². The second-order valence-electron chi connectivity index (χ2n) is 3.29. The third kappa shape index (κ3) is 3.05. The molecule has 0 aliphatic carbocycles. The number of halogens is 3. The van der Waals surface area contributed by atoms with Crippen molar-refractivity contribution >= 4 is 23.2 Å². The van der Waals surface area contributed by atoms with E-state index in [-0.39, 0.29) is 16.2 Å². The van der Waals surface area contributed by atoms with Crippen molar-refractivity contribution in [2.45, 2.75) is 6.92 Å². The van der Waals surface area contributed by atoms with Gasteiger partial charge in [0.2, 0.25) is 11.2 Å². The van der Waals surface area contributed by atoms with Crippen LogP contribution in [0.5, 0.6) is 11.6 Å². The first-order valence-corrected chi connectivity index (χ1v) is 5.44. The van der Waals surface area contributed by atoms with E-state index < -0.39 is 5.82 Å². The van der Waals surface area contributed by atoms with Crippen LogP contribution in [0.15, 0.2) is 24.3 Å². The standard InChI is InChI=1S/C11H7Cl2FN2O/c1-6-4-10(16-11(13)15-6)17-7-2-3-9(14)8(12)5-7/h2-5H,1H3. The van der Waals surface area contributed by atoms with Gasteiger partial charge in [0, 0.05) is 17.8 Å². The van der Waals surface area contributed by atoms with Gasteiger partial charge in [-0.1, -0.05) is 11.6 Å². The SMILES string of the molecule is Cc1cc(Oc2ccc(F)c(Cl)c2)nc(Cl)n1. The largest absolute Gasteiger partial charge is 0.439 e. The zero-order valence-electron chi connectivity index (χ0n) is 8.75. The minimum atomic E-state index is -0.504. The molecular weight excluding hydrogens is 266 g/mol. The molecule has 3 nitrogen and oxygen atoms in total. The second kappa shape index (κ2) is 4.85. The Morgan fingerprint density at radius 3 is 2.59 bits per heavy atom. The van der Waals surface area contributed by atoms with Crippen molar-refractivity contribution in [1.29, 1.82) is 0 Å². The normalized spacial score (nSPS) is 10.4. The lowest BCUT2D eigenvalue weighted by Gasteiger charge is -2.06. The summed E-state index contributed by atoms with van der Waals surface area (Å²) in [4.78, 5) is 7.77. The maximum atomic E-state index is 12.9. The van der Waals surface area contributed by atoms with Gasteiger partial charge in [0.1, 0.15) is 11.6 Å². The number of hydrogen-bond acceptors (Lipinski definition) is 3. The molecule has 6 heteroatoms. The molecule has 1 aromatic heterocycles. The Balaban J connectivity index is 2.28. The Morgan fingerprint density at radius 1 is 1.18 bits per heavy atom. The van der Waals surface area contributed by atoms with Crippen LogP contribution < -0.4 is 4.74 Å². The molecule has 0 bridgehead atoms. The molecule has 0 aliphatic heterocycles. The highest BCUT2D eigenvalue weighted by Gasteiger charge is 2.05. The molecule has 0 saturated heterocycles. The Kier molecular flexibility index (Phi) is 3.45. The molecule has 0 radical (unpaired) electrons. The van der Waals surface area contributed by atoms with Crippen molar-refractivity contribution in [1.82, 2.24) is 9.97 Å². The van der Waals surface area contributed by atoms with Crippen LogP contribution in [0.2, 0.25) is 10.3 Å². The molecule has 2 rings (SSSR count). The van der Waals surface area contributed by atoms with Gasteiger partial charge in [-0.15, -0.1) is 0 Å². The van der Waals surface area contributed by atoms with Gasteiger partial charge < -0.3 is 4.74 Å². The van der Waals surface area contributed by atoms with Gasteiger partial charge in [0.05, 0.1) is 5.02 Å². The van der Waals surface area contributed by atoms with Crippen LogP contribution in [0, 0.1) is 12.7 Å². The molecule has 1 aromatic carbocycles. The van der Waals surface area contributed by atoms with Crippen LogP contribution in [0.3, 0.4) is 0 Å². The van der Waals surface area contributed by atoms with Crippen LogP contribution in [0.1, 0.15) is 5.69 Å². The molecule has 0 fully saturated rings. The van der Waals surface area contributed by atoms with Crippen molar-refractivity contribution in [2.75, 3.05) is 0 Å². The maximum absolute atomic E-state index is 12.9. The summed E-state index contributed by atoms with van der Waals surface area (Å²) in [5.74, 6) is 0.159. The van der Waals surface area contributed by atoms with E-state index >= 15 is 0 Å². The van der Waals surface area contributed by atoms with Crippen LogP contribution in [-0.2, 0) is 0 Å². The van der Waals surface area contributed by atoms with E-state index in [1.807, 2.05) is 0 Å². The van der Waals surface area contributed by atoms with Crippen LogP contribution in [0.25, 0.3) is 0 Å². The summed E-state index contributed by atoms with van der Waals surface area (Å²) in [6, 6.07) is 5.64. The number of nitrogens with zero attached hydrogens (tertiary/aromatic N) is 2. The predicted molar refractivity (Wildman–Crippen MR) is 63.3 cm³/mol. The highest BCUT2D eigenvalue weighted by atomic mass is 35.5. The fourth-order valence-electron chi connectivity index (χ4n) is 1.22. The van der Waals surface area contributed by atoms with Gasteiger partial charge in [-0.05, 0) is 30.7 Å². The van der Waals surface area contributed by atoms with Gasteiger partial charge in [-0.2, -0.15) is 4.98 Å². The third-order valence-electron chi connectivity index (χ3n) is 1.92. The summed E-state index contributed by atoms with van der Waals surface area (Å²) in [6.45, 7) is 1.76. The zero-order chi connectivity index (χ0) is 12.4. The second-order valence-corrected chi connectivity index (χ2v) is 4.04. The Bertz CT molecular complexity index is 543. The first-order valence-electron chi connectivity index (χ1n) is 4.69. The van der Waals surface area contributed by atoms with E-state index in [2.05, 4.69) is 9.97 Å². The van der Waals surface area contributed by atoms with Crippen molar-refractivity contribution in [3.63, 3.8) is 0 Å². The molecule has 88 valence electrons. The number of rotatable bonds is 2. The van der Waals surface area contributed by atoms with Gasteiger partial charge >= 0.3 is 0 Å². The van der Waals surface area contributed by atoms with E-state index in [4.69, 9.17) is 27.9 Å². The quantitative estimate of drug-likeness (QED) is 0.775. The first kappa shape index (κ1) is 12.1. The summed E-state index contributed by atoms with van der Waals surface area (Å²) in [5, 5.41) is 0.0765. The summed E-state index contributed by atoms with van der Waals surface area (Å²) in [7, 11) is 0. The molecular formula is C11H7Cl2FN2O. The fraction of sp³-hybridized carbons (Fsp3) is 0.0909. The van der Waals surface area contributed by atoms with Crippen molar-refractivity contribution < 1.29 is 9.13 Å². The van der Waals surface area contributed by atoms with Gasteiger partial charge in [0.15, 0.2) is 0 Å². The lowest BCUT2D eigenvalue weighted by Crippen LogP contribution is -1.92. The molecule has 1 heterocycles. The maximum Gasteiger partial charge on any atom is 0.225 e. The van der Waals surface area contributed by atoms with Crippen LogP contribution >= 0.6 is 23.2 Å². The first-order chi connectivity index (χ1) is 8.04. The molecule has 0 amide bonds. The molecule has 0 unspecified atom stereocenters. The summed E-state index contributed by atoms with van der Waals surface area (Å²) in [6.07, 6.45) is 0. The lowest BCUT2D eigenvalue weighted by molar-refractivity contribution is 0.459. The van der Waals surface area contributed by atoms with E-state index in [1.165, 1.54) is 18.2 Å². The fourth-order valence-corrected chi connectivity index (χ4v) is 1.61. The number of aromatic nitrogens is 2. The van der Waals surface area contributed by atoms with E-state index in [0.29, 0.717) is 11.4 Å². The van der Waals surface area contributed by atoms with Crippen LogP contribution in [0.4, 0.5) is 4.39 Å². The van der Waals surface area contributed by atoms with E-state index in [9.17, 15) is 4.39 Å². The molecule has 17 heavy (non-hydrogen) atoms. The Hall–Kier alpha value is -1.39. The molecule has 2 aromatic rings. The summed E-state index contributed by atoms with van der Waals surface area (Å²) in [5.41, 5.74) is 0.674. The topological polar surface area (TPSA) is 35.0 Å². The number of aryl methyl sites for hydroxylation is 1. The molecule has 0 spiro atoms. The minimum absolute atomic E-state index is 0.0145. The average molecular weight is 273 g/mol. The van der Waals surface area contributed by atoms with Crippen molar-refractivity contribution in [3.05, 3.63) is 46.1 Å². The smallest absolute Gasteiger partial charge is 0.225 e. The lowest BCUT2D eigenvalue weighted by atomic mass is 10.3. The van der Waals surface area contributed by atoms with Gasteiger partial charge in [-0.25, -0.2) is 9.37 Å². The van der Waals surface area contributed by atoms with Gasteiger partial charge in [0.25, 0.3) is 0 Å². The average Bonchev–Trinajstić information content (AvgIpc) is 2.22. The number of ether oxygens (including phenoxy) is 1. The van der Waals surface area contributed by atoms with E-state index in [1.54, 1.807) is 13.0 Å². The summed E-state index contributed by atoms with van der Waals surface area (Å²) >= 11 is 11.3. The molecule has 0 saturated carbocycles. The highest BCUT2D eigenvalue weighted by molar-refractivity contribution is 6.30.